The predicted molar refractivity (Wildman–Crippen MR) is 137 cm³/mol. The van der Waals surface area contributed by atoms with Crippen LogP contribution in [0.3, 0.4) is 0 Å². The number of likely N-dealkylation sites (N-methyl/N-ethyl adjacent to an activating group) is 1. The number of carbonyl (C=O) groups is 3. The molecule has 0 spiro atoms. The number of hydrogen-bond donors (Lipinski definition) is 3. The summed E-state index contributed by atoms with van der Waals surface area (Å²) >= 11 is 4.23. The minimum atomic E-state index is -0.977. The lowest BCUT2D eigenvalue weighted by Crippen LogP contribution is -2.52. The van der Waals surface area contributed by atoms with Crippen molar-refractivity contribution in [2.75, 3.05) is 12.8 Å². The van der Waals surface area contributed by atoms with Crippen LogP contribution in [0.4, 0.5) is 4.79 Å². The van der Waals surface area contributed by atoms with Crippen LogP contribution in [0.25, 0.3) is 6.08 Å². The second-order valence-electron chi connectivity index (χ2n) is 8.81. The van der Waals surface area contributed by atoms with Gasteiger partial charge < -0.3 is 20.3 Å². The highest BCUT2D eigenvalue weighted by Gasteiger charge is 2.33. The maximum absolute atomic E-state index is 13.3. The van der Waals surface area contributed by atoms with Gasteiger partial charge in [0.15, 0.2) is 0 Å². The van der Waals surface area contributed by atoms with Gasteiger partial charge in [-0.3, -0.25) is 9.59 Å². The highest BCUT2D eigenvalue weighted by molar-refractivity contribution is 7.80. The molecule has 0 aromatic heterocycles. The maximum atomic E-state index is 13.3. The van der Waals surface area contributed by atoms with Gasteiger partial charge >= 0.3 is 6.09 Å². The first-order chi connectivity index (χ1) is 16.1. The monoisotopic (exact) mass is 483 g/mol. The Morgan fingerprint density at radius 3 is 2.38 bits per heavy atom. The van der Waals surface area contributed by atoms with Gasteiger partial charge in [-0.05, 0) is 43.5 Å². The summed E-state index contributed by atoms with van der Waals surface area (Å²) in [6, 6.07) is 14.8. The van der Waals surface area contributed by atoms with Crippen LogP contribution in [0.5, 0.6) is 0 Å². The molecular formula is C26H33N3O4S. The van der Waals surface area contributed by atoms with Gasteiger partial charge in [0.25, 0.3) is 0 Å². The minimum Gasteiger partial charge on any atom is -0.444 e. The highest BCUT2D eigenvalue weighted by atomic mass is 32.1. The van der Waals surface area contributed by atoms with Gasteiger partial charge in [-0.1, -0.05) is 61.2 Å². The van der Waals surface area contributed by atoms with Crippen molar-refractivity contribution in [3.8, 4) is 0 Å². The number of rotatable bonds is 9. The molecule has 8 heteroatoms. The fourth-order valence-corrected chi connectivity index (χ4v) is 3.54. The Labute approximate surface area is 207 Å². The highest BCUT2D eigenvalue weighted by Crippen LogP contribution is 2.23. The molecular weight excluding hydrogens is 450 g/mol. The molecule has 0 aliphatic rings. The molecule has 0 bridgehead atoms. The summed E-state index contributed by atoms with van der Waals surface area (Å²) in [5.74, 6) is -0.783. The molecule has 34 heavy (non-hydrogen) atoms. The normalized spacial score (nSPS) is 12.7. The Morgan fingerprint density at radius 1 is 1.12 bits per heavy atom. The van der Waals surface area contributed by atoms with Crippen LogP contribution in [0.1, 0.15) is 43.5 Å². The molecule has 0 saturated heterocycles. The largest absolute Gasteiger partial charge is 0.444 e. The molecule has 0 saturated carbocycles. The molecule has 182 valence electrons. The topological polar surface area (TPSA) is 87.7 Å². The van der Waals surface area contributed by atoms with E-state index in [9.17, 15) is 14.4 Å². The maximum Gasteiger partial charge on any atom is 0.408 e. The van der Waals surface area contributed by atoms with Crippen molar-refractivity contribution in [2.45, 2.75) is 45.0 Å². The van der Waals surface area contributed by atoms with Gasteiger partial charge in [-0.25, -0.2) is 4.79 Å². The standard InChI is InChI=1S/C26H33N3O4S/c1-6-18-13-10-14-20(15-18)22(23(30)27-16-19-11-8-7-9-12-19)29(5)24(31)21(17-34)28-25(32)33-26(2,3)4/h6-15,21-22,34H,1,16-17H2,2-5H3,(H,27,30)(H,28,32). The number of benzene rings is 2. The van der Waals surface area contributed by atoms with Gasteiger partial charge in [0.2, 0.25) is 11.8 Å². The van der Waals surface area contributed by atoms with Gasteiger partial charge in [0, 0.05) is 19.3 Å². The Kier molecular flexibility index (Phi) is 9.74. The molecule has 0 fully saturated rings. The van der Waals surface area contributed by atoms with Crippen molar-refractivity contribution < 1.29 is 19.1 Å². The van der Waals surface area contributed by atoms with Crippen molar-refractivity contribution in [1.82, 2.24) is 15.5 Å². The first-order valence-electron chi connectivity index (χ1n) is 11.0. The summed E-state index contributed by atoms with van der Waals surface area (Å²) in [4.78, 5) is 40.2. The number of amides is 3. The lowest BCUT2D eigenvalue weighted by atomic mass is 10.0. The Balaban J connectivity index is 2.28. The van der Waals surface area contributed by atoms with E-state index in [0.29, 0.717) is 12.1 Å². The van der Waals surface area contributed by atoms with Gasteiger partial charge in [0.1, 0.15) is 17.7 Å². The molecule has 2 rings (SSSR count). The SMILES string of the molecule is C=Cc1cccc(C(C(=O)NCc2ccccc2)N(C)C(=O)C(CS)NC(=O)OC(C)(C)C)c1. The second kappa shape index (κ2) is 12.3. The van der Waals surface area contributed by atoms with E-state index in [4.69, 9.17) is 4.74 Å². The van der Waals surface area contributed by atoms with Crippen LogP contribution < -0.4 is 10.6 Å². The van der Waals surface area contributed by atoms with E-state index in [1.54, 1.807) is 45.0 Å². The van der Waals surface area contributed by atoms with Crippen LogP contribution in [-0.2, 0) is 20.9 Å². The number of nitrogens with one attached hydrogen (secondary N) is 2. The van der Waals surface area contributed by atoms with E-state index >= 15 is 0 Å². The summed E-state index contributed by atoms with van der Waals surface area (Å²) in [5, 5.41) is 5.46. The lowest BCUT2D eigenvalue weighted by Gasteiger charge is -2.31. The molecule has 7 nitrogen and oxygen atoms in total. The van der Waals surface area contributed by atoms with E-state index in [-0.39, 0.29) is 11.7 Å². The number of thiol groups is 1. The van der Waals surface area contributed by atoms with Crippen LogP contribution in [-0.4, -0.2) is 47.3 Å². The molecule has 3 amide bonds. The molecule has 2 atom stereocenters. The van der Waals surface area contributed by atoms with E-state index < -0.39 is 29.7 Å². The zero-order chi connectivity index (χ0) is 25.3. The van der Waals surface area contributed by atoms with Crippen molar-refractivity contribution in [2.24, 2.45) is 0 Å². The first-order valence-corrected chi connectivity index (χ1v) is 11.6. The van der Waals surface area contributed by atoms with Crippen molar-refractivity contribution >= 4 is 36.6 Å². The molecule has 0 aliphatic carbocycles. The number of hydrogen-bond acceptors (Lipinski definition) is 5. The van der Waals surface area contributed by atoms with Gasteiger partial charge in [-0.15, -0.1) is 0 Å². The quantitative estimate of drug-likeness (QED) is 0.471. The van der Waals surface area contributed by atoms with Crippen LogP contribution in [0.2, 0.25) is 0 Å². The molecule has 0 aliphatic heterocycles. The van der Waals surface area contributed by atoms with Crippen molar-refractivity contribution in [1.29, 1.82) is 0 Å². The summed E-state index contributed by atoms with van der Waals surface area (Å²) in [6.45, 7) is 9.29. The number of carbonyl (C=O) groups excluding carboxylic acids is 3. The molecule has 2 N–H and O–H groups in total. The van der Waals surface area contributed by atoms with E-state index in [0.717, 1.165) is 11.1 Å². The summed E-state index contributed by atoms with van der Waals surface area (Å²) in [6.07, 6.45) is 0.942. The van der Waals surface area contributed by atoms with Crippen LogP contribution >= 0.6 is 12.6 Å². The average Bonchev–Trinajstić information content (AvgIpc) is 2.80. The number of ether oxygens (including phenoxy) is 1. The van der Waals surface area contributed by atoms with Crippen LogP contribution in [0, 0.1) is 0 Å². The second-order valence-corrected chi connectivity index (χ2v) is 9.18. The predicted octanol–water partition coefficient (Wildman–Crippen LogP) is 3.97. The minimum absolute atomic E-state index is 0.0352. The lowest BCUT2D eigenvalue weighted by molar-refractivity contribution is -0.140. The Bertz CT molecular complexity index is 1000. The summed E-state index contributed by atoms with van der Waals surface area (Å²) in [7, 11) is 1.53. The number of nitrogens with zero attached hydrogens (tertiary/aromatic N) is 1. The molecule has 0 radical (unpaired) electrons. The van der Waals surface area contributed by atoms with Crippen molar-refractivity contribution in [3.05, 3.63) is 77.9 Å². The molecule has 2 unspecified atom stereocenters. The third-order valence-electron chi connectivity index (χ3n) is 4.93. The fraction of sp³-hybridized carbons (Fsp3) is 0.346. The third kappa shape index (κ3) is 7.95. The Hall–Kier alpha value is -3.26. The Morgan fingerprint density at radius 2 is 1.79 bits per heavy atom. The van der Waals surface area contributed by atoms with Crippen LogP contribution in [0.15, 0.2) is 61.2 Å². The zero-order valence-corrected chi connectivity index (χ0v) is 21.0. The molecule has 2 aromatic carbocycles. The third-order valence-corrected chi connectivity index (χ3v) is 5.29. The smallest absolute Gasteiger partial charge is 0.408 e. The van der Waals surface area contributed by atoms with Gasteiger partial charge in [0.05, 0.1) is 0 Å². The van der Waals surface area contributed by atoms with Gasteiger partial charge in [-0.2, -0.15) is 12.6 Å². The summed E-state index contributed by atoms with van der Waals surface area (Å²) < 4.78 is 5.27. The number of alkyl carbamates (subject to hydrolysis) is 1. The van der Waals surface area contributed by atoms with E-state index in [1.165, 1.54) is 11.9 Å². The van der Waals surface area contributed by atoms with E-state index in [1.807, 2.05) is 36.4 Å². The average molecular weight is 484 g/mol. The summed E-state index contributed by atoms with van der Waals surface area (Å²) in [5.41, 5.74) is 1.65. The van der Waals surface area contributed by atoms with E-state index in [2.05, 4.69) is 29.8 Å². The zero-order valence-electron chi connectivity index (χ0n) is 20.1. The van der Waals surface area contributed by atoms with Crippen molar-refractivity contribution in [3.63, 3.8) is 0 Å². The molecule has 2 aromatic rings. The fourth-order valence-electron chi connectivity index (χ4n) is 3.30. The first kappa shape index (κ1) is 27.0. The molecule has 0 heterocycles.